The largest absolute Gasteiger partial charge is 0.423 e. The van der Waals surface area contributed by atoms with Crippen LogP contribution in [0.1, 0.15) is 24.0 Å². The number of sulfone groups is 1. The molecule has 2 aromatic heterocycles. The molecule has 0 amide bonds. The van der Waals surface area contributed by atoms with E-state index in [9.17, 15) is 13.2 Å². The molecule has 140 valence electrons. The Morgan fingerprint density at radius 1 is 1.19 bits per heavy atom. The molecule has 4 rings (SSSR count). The van der Waals surface area contributed by atoms with Crippen LogP contribution in [-0.4, -0.2) is 31.5 Å². The van der Waals surface area contributed by atoms with E-state index < -0.39 is 9.84 Å². The van der Waals surface area contributed by atoms with Crippen LogP contribution in [0.5, 0.6) is 0 Å². The molecule has 1 unspecified atom stereocenters. The Hall–Kier alpha value is -2.51. The van der Waals surface area contributed by atoms with Gasteiger partial charge in [-0.2, -0.15) is 0 Å². The van der Waals surface area contributed by atoms with Crippen molar-refractivity contribution in [3.8, 4) is 11.1 Å². The first kappa shape index (κ1) is 17.9. The fourth-order valence-electron chi connectivity index (χ4n) is 3.46. The minimum Gasteiger partial charge on any atom is -0.423 e. The van der Waals surface area contributed by atoms with Crippen molar-refractivity contribution in [1.29, 1.82) is 0 Å². The van der Waals surface area contributed by atoms with Crippen LogP contribution in [0.25, 0.3) is 22.1 Å². The normalized spacial score (nSPS) is 17.0. The smallest absolute Gasteiger partial charge is 0.336 e. The Kier molecular flexibility index (Phi) is 4.57. The van der Waals surface area contributed by atoms with Gasteiger partial charge in [-0.05, 0) is 34.9 Å². The summed E-state index contributed by atoms with van der Waals surface area (Å²) in [5.41, 5.74) is 3.84. The van der Waals surface area contributed by atoms with Gasteiger partial charge in [0, 0.05) is 41.1 Å². The van der Waals surface area contributed by atoms with Crippen LogP contribution in [-0.2, 0) is 21.2 Å². The molecule has 0 N–H and O–H groups in total. The molecule has 0 radical (unpaired) electrons. The van der Waals surface area contributed by atoms with Crippen LogP contribution >= 0.6 is 0 Å². The van der Waals surface area contributed by atoms with Crippen molar-refractivity contribution in [2.24, 2.45) is 0 Å². The highest BCUT2D eigenvalue weighted by Gasteiger charge is 2.27. The molecule has 3 heterocycles. The van der Waals surface area contributed by atoms with Crippen LogP contribution in [0.15, 0.2) is 51.9 Å². The Morgan fingerprint density at radius 3 is 2.85 bits per heavy atom. The zero-order valence-electron chi connectivity index (χ0n) is 14.8. The summed E-state index contributed by atoms with van der Waals surface area (Å²) in [6.07, 6.45) is 3.51. The van der Waals surface area contributed by atoms with Crippen molar-refractivity contribution in [2.45, 2.75) is 19.4 Å². The van der Waals surface area contributed by atoms with E-state index in [1.807, 2.05) is 12.1 Å². The molecule has 3 aromatic rings. The number of aromatic nitrogens is 1. The Labute approximate surface area is 156 Å². The SMILES string of the molecule is CCS(=O)(=O)CC1COCc2c(-c3ccc4oc(=O)ccc4c3)cncc21. The standard InChI is InChI=1S/C20H19NO5S/c1-2-27(23,24)12-15-10-25-11-18-16(8-21-9-17(15)18)13-3-5-19-14(7-13)4-6-20(22)26-19/h3-9,15H,2,10-12H2,1H3. The van der Waals surface area contributed by atoms with Crippen LogP contribution in [0.4, 0.5) is 0 Å². The van der Waals surface area contributed by atoms with Crippen LogP contribution < -0.4 is 5.63 Å². The molecule has 1 atom stereocenters. The fourth-order valence-corrected chi connectivity index (χ4v) is 4.58. The number of ether oxygens (including phenoxy) is 1. The third-order valence-corrected chi connectivity index (χ3v) is 6.71. The van der Waals surface area contributed by atoms with E-state index in [0.29, 0.717) is 18.8 Å². The van der Waals surface area contributed by atoms with E-state index >= 15 is 0 Å². The molecule has 0 bridgehead atoms. The van der Waals surface area contributed by atoms with Gasteiger partial charge in [-0.15, -0.1) is 0 Å². The number of hydrogen-bond acceptors (Lipinski definition) is 6. The van der Waals surface area contributed by atoms with Crippen molar-refractivity contribution >= 4 is 20.8 Å². The molecule has 0 aliphatic carbocycles. The maximum absolute atomic E-state index is 12.1. The van der Waals surface area contributed by atoms with Crippen molar-refractivity contribution in [2.75, 3.05) is 18.1 Å². The molecule has 0 saturated heterocycles. The minimum absolute atomic E-state index is 0.0600. The average Bonchev–Trinajstić information content (AvgIpc) is 2.67. The van der Waals surface area contributed by atoms with Gasteiger partial charge < -0.3 is 9.15 Å². The lowest BCUT2D eigenvalue weighted by atomic mass is 9.90. The number of benzene rings is 1. The van der Waals surface area contributed by atoms with E-state index in [-0.39, 0.29) is 23.0 Å². The molecule has 1 aromatic carbocycles. The highest BCUT2D eigenvalue weighted by Crippen LogP contribution is 2.35. The number of rotatable bonds is 4. The quantitative estimate of drug-likeness (QED) is 0.642. The van der Waals surface area contributed by atoms with Gasteiger partial charge in [0.05, 0.1) is 19.0 Å². The first-order chi connectivity index (χ1) is 13.0. The summed E-state index contributed by atoms with van der Waals surface area (Å²) in [6.45, 7) is 2.44. The molecule has 27 heavy (non-hydrogen) atoms. The van der Waals surface area contributed by atoms with Crippen molar-refractivity contribution < 1.29 is 17.6 Å². The van der Waals surface area contributed by atoms with Crippen LogP contribution in [0.2, 0.25) is 0 Å². The van der Waals surface area contributed by atoms with Gasteiger partial charge in [-0.1, -0.05) is 13.0 Å². The van der Waals surface area contributed by atoms with Gasteiger partial charge in [0.15, 0.2) is 9.84 Å². The first-order valence-corrected chi connectivity index (χ1v) is 10.6. The molecule has 6 nitrogen and oxygen atoms in total. The van der Waals surface area contributed by atoms with E-state index in [1.165, 1.54) is 6.07 Å². The number of nitrogens with zero attached hydrogens (tertiary/aromatic N) is 1. The lowest BCUT2D eigenvalue weighted by molar-refractivity contribution is 0.0958. The predicted octanol–water partition coefficient (Wildman–Crippen LogP) is 2.90. The van der Waals surface area contributed by atoms with Gasteiger partial charge in [0.1, 0.15) is 5.58 Å². The van der Waals surface area contributed by atoms with E-state index in [4.69, 9.17) is 9.15 Å². The average molecular weight is 385 g/mol. The summed E-state index contributed by atoms with van der Waals surface area (Å²) in [5, 5.41) is 0.812. The summed E-state index contributed by atoms with van der Waals surface area (Å²) < 4.78 is 35.1. The topological polar surface area (TPSA) is 86.5 Å². The number of fused-ring (bicyclic) bond motifs is 2. The van der Waals surface area contributed by atoms with Gasteiger partial charge in [-0.25, -0.2) is 13.2 Å². The molecule has 0 saturated carbocycles. The molecular formula is C20H19NO5S. The zero-order valence-corrected chi connectivity index (χ0v) is 15.7. The molecular weight excluding hydrogens is 366 g/mol. The lowest BCUT2D eigenvalue weighted by Crippen LogP contribution is -2.25. The van der Waals surface area contributed by atoms with Gasteiger partial charge in [0.2, 0.25) is 0 Å². The Balaban J connectivity index is 1.79. The Morgan fingerprint density at radius 2 is 2.04 bits per heavy atom. The summed E-state index contributed by atoms with van der Waals surface area (Å²) in [6, 6.07) is 8.67. The summed E-state index contributed by atoms with van der Waals surface area (Å²) in [7, 11) is -3.12. The monoisotopic (exact) mass is 385 g/mol. The minimum atomic E-state index is -3.12. The van der Waals surface area contributed by atoms with Crippen molar-refractivity contribution in [3.05, 3.63) is 64.3 Å². The number of hydrogen-bond donors (Lipinski definition) is 0. The maximum atomic E-state index is 12.1. The van der Waals surface area contributed by atoms with E-state index in [1.54, 1.807) is 31.5 Å². The molecule has 0 fully saturated rings. The Bertz CT molecular complexity index is 1170. The second-order valence-corrected chi connectivity index (χ2v) is 9.07. The maximum Gasteiger partial charge on any atom is 0.336 e. The van der Waals surface area contributed by atoms with Crippen molar-refractivity contribution in [1.82, 2.24) is 4.98 Å². The van der Waals surface area contributed by atoms with E-state index in [0.717, 1.165) is 27.6 Å². The highest BCUT2D eigenvalue weighted by molar-refractivity contribution is 7.91. The summed E-state index contributed by atoms with van der Waals surface area (Å²) in [5.74, 6) is -0.0450. The van der Waals surface area contributed by atoms with Gasteiger partial charge >= 0.3 is 5.63 Å². The summed E-state index contributed by atoms with van der Waals surface area (Å²) >= 11 is 0. The highest BCUT2D eigenvalue weighted by atomic mass is 32.2. The third-order valence-electron chi connectivity index (χ3n) is 4.92. The fraction of sp³-hybridized carbons (Fsp3) is 0.300. The van der Waals surface area contributed by atoms with Gasteiger partial charge in [-0.3, -0.25) is 4.98 Å². The van der Waals surface area contributed by atoms with Gasteiger partial charge in [0.25, 0.3) is 0 Å². The number of pyridine rings is 1. The second-order valence-electron chi connectivity index (χ2n) is 6.67. The molecule has 1 aliphatic rings. The van der Waals surface area contributed by atoms with E-state index in [2.05, 4.69) is 4.98 Å². The second kappa shape index (κ2) is 6.90. The predicted molar refractivity (Wildman–Crippen MR) is 102 cm³/mol. The zero-order chi connectivity index (χ0) is 19.0. The lowest BCUT2D eigenvalue weighted by Gasteiger charge is -2.27. The van der Waals surface area contributed by atoms with Crippen LogP contribution in [0, 0.1) is 0 Å². The third kappa shape index (κ3) is 3.52. The molecule has 0 spiro atoms. The summed E-state index contributed by atoms with van der Waals surface area (Å²) in [4.78, 5) is 15.7. The van der Waals surface area contributed by atoms with Crippen LogP contribution in [0.3, 0.4) is 0 Å². The molecule has 1 aliphatic heterocycles. The first-order valence-electron chi connectivity index (χ1n) is 8.76. The van der Waals surface area contributed by atoms with Crippen molar-refractivity contribution in [3.63, 3.8) is 0 Å². The molecule has 7 heteroatoms.